The number of aromatic amines is 6. The number of nitrogens with one attached hydrogen (secondary N) is 6. The highest BCUT2D eigenvalue weighted by atomic mass is 35.5. The third kappa shape index (κ3) is 20.0. The number of H-pyrrole nitrogens is 6. The van der Waals surface area contributed by atoms with E-state index in [0.29, 0.717) is 77.1 Å². The Balaban J connectivity index is 0.000000174. The standard InChI is InChI=1S/C14H11FN2O3S.C14H9FN2O3S.C10H5ClFNO2.C10H7FN2O2.C10H5FN2O.C8H6FN.C4H9NO2S.ClH/c2*1-20-14(19)11-6-21-13(17-11)12(18)9-5-16-10-3-2-7(15)4-8(9)10;11-10(15)9(14)7-4-13-8-2-1-5(12)3-6(7)8;11-5-1-2-8-6(3-5)7(4-13-8)9(14)10(12)15;11-6-1-2-9-7(3-6)8(5-13-9)10(14)4-12;9-7-1-2-8-6(5-7)3-4-10-8;1-7-4(6)3(5)2-8;/h2-5,11,16H,6H2,1H3;2-6,16H,1H3;1-4,13H;1-4,13H,(H2,12,15);1-3,5,13H;1-5,10H;3,8H,2,5H2,1H3;1H. The van der Waals surface area contributed by atoms with Crippen LogP contribution in [-0.4, -0.2) is 143 Å². The van der Waals surface area contributed by atoms with Crippen molar-refractivity contribution in [1.29, 1.82) is 5.26 Å². The summed E-state index contributed by atoms with van der Waals surface area (Å²) in [4.78, 5) is 138. The van der Waals surface area contributed by atoms with Gasteiger partial charge in [0.05, 0.1) is 49.1 Å². The van der Waals surface area contributed by atoms with E-state index >= 15 is 0 Å². The van der Waals surface area contributed by atoms with Crippen molar-refractivity contribution in [3.8, 4) is 6.07 Å². The molecule has 1 amide bonds. The van der Waals surface area contributed by atoms with Crippen LogP contribution in [0, 0.1) is 46.2 Å². The van der Waals surface area contributed by atoms with E-state index in [4.69, 9.17) is 28.3 Å². The number of halogens is 8. The average Bonchev–Trinajstić information content (AvgIpc) is 1.63. The largest absolute Gasteiger partial charge is 0.468 e. The number of thioether (sulfide) groups is 1. The molecule has 7 aromatic heterocycles. The van der Waals surface area contributed by atoms with Gasteiger partial charge in [-0.05, 0) is 127 Å². The molecule has 0 bridgehead atoms. The molecule has 10 N–H and O–H groups in total. The molecule has 105 heavy (non-hydrogen) atoms. The van der Waals surface area contributed by atoms with Crippen molar-refractivity contribution in [1.82, 2.24) is 34.9 Å². The zero-order chi connectivity index (χ0) is 75.6. The van der Waals surface area contributed by atoms with Gasteiger partial charge in [0.15, 0.2) is 16.7 Å². The first kappa shape index (κ1) is 80.4. The van der Waals surface area contributed by atoms with Crippen LogP contribution in [0.4, 0.5) is 26.3 Å². The molecule has 540 valence electrons. The molecular weight excluding hydrogens is 1480 g/mol. The van der Waals surface area contributed by atoms with Crippen molar-refractivity contribution in [2.45, 2.75) is 12.1 Å². The number of aromatic nitrogens is 7. The van der Waals surface area contributed by atoms with Crippen LogP contribution in [0.2, 0.25) is 0 Å². The number of esters is 3. The molecular formula is C70H53Cl2F6N11O13S3. The molecule has 6 aromatic carbocycles. The first-order valence-electron chi connectivity index (χ1n) is 29.6. The molecule has 0 saturated carbocycles. The number of hydrogen-bond acceptors (Lipinski definition) is 20. The highest BCUT2D eigenvalue weighted by molar-refractivity contribution is 8.16. The van der Waals surface area contributed by atoms with Gasteiger partial charge >= 0.3 is 17.9 Å². The lowest BCUT2D eigenvalue weighted by atomic mass is 10.1. The van der Waals surface area contributed by atoms with E-state index in [1.807, 2.05) is 6.07 Å². The molecule has 0 fully saturated rings. The summed E-state index contributed by atoms with van der Waals surface area (Å²) >= 11 is 11.1. The van der Waals surface area contributed by atoms with Gasteiger partial charge in [-0.2, -0.15) is 17.9 Å². The summed E-state index contributed by atoms with van der Waals surface area (Å²) in [6, 6.07) is 27.0. The van der Waals surface area contributed by atoms with E-state index in [1.54, 1.807) is 24.4 Å². The van der Waals surface area contributed by atoms with Gasteiger partial charge in [-0.1, -0.05) is 0 Å². The van der Waals surface area contributed by atoms with Gasteiger partial charge < -0.3 is 55.6 Å². The van der Waals surface area contributed by atoms with Gasteiger partial charge in [0.1, 0.15) is 52.1 Å². The van der Waals surface area contributed by atoms with E-state index in [0.717, 1.165) is 22.2 Å². The fourth-order valence-corrected chi connectivity index (χ4v) is 11.5. The van der Waals surface area contributed by atoms with Crippen molar-refractivity contribution >= 4 is 188 Å². The van der Waals surface area contributed by atoms with E-state index in [2.05, 4.69) is 66.7 Å². The molecule has 2 atom stereocenters. The predicted molar refractivity (Wildman–Crippen MR) is 386 cm³/mol. The fraction of sp³-hybridized carbons (Fsp3) is 0.100. The second-order valence-corrected chi connectivity index (χ2v) is 23.8. The van der Waals surface area contributed by atoms with Crippen molar-refractivity contribution in [2.24, 2.45) is 16.5 Å². The maximum atomic E-state index is 13.3. The maximum absolute atomic E-state index is 13.3. The van der Waals surface area contributed by atoms with Gasteiger partial charge in [-0.25, -0.2) is 40.9 Å². The number of ether oxygens (including phenoxy) is 3. The number of hydrogen-bond donors (Lipinski definition) is 9. The molecule has 35 heteroatoms. The normalized spacial score (nSPS) is 12.0. The number of nitrogens with zero attached hydrogens (tertiary/aromatic N) is 3. The van der Waals surface area contributed by atoms with Gasteiger partial charge in [-0.15, -0.1) is 35.5 Å². The lowest BCUT2D eigenvalue weighted by molar-refractivity contribution is -0.142. The maximum Gasteiger partial charge on any atom is 0.357 e. The lowest BCUT2D eigenvalue weighted by Crippen LogP contribution is -2.32. The lowest BCUT2D eigenvalue weighted by Gasteiger charge is -2.02. The number of rotatable bonds is 13. The van der Waals surface area contributed by atoms with Crippen LogP contribution in [0.3, 0.4) is 0 Å². The number of amides is 1. The highest BCUT2D eigenvalue weighted by Crippen LogP contribution is 2.29. The number of methoxy groups -OCH3 is 3. The summed E-state index contributed by atoms with van der Waals surface area (Å²) in [5.74, 6) is -7.25. The number of nitriles is 1. The molecule has 24 nitrogen and oxygen atoms in total. The van der Waals surface area contributed by atoms with Crippen LogP contribution in [0.25, 0.3) is 65.4 Å². The van der Waals surface area contributed by atoms with Crippen LogP contribution in [0.15, 0.2) is 163 Å². The average molecular weight is 1540 g/mol. The third-order valence-electron chi connectivity index (χ3n) is 14.6. The number of benzene rings is 6. The molecule has 0 radical (unpaired) electrons. The number of nitrogens with two attached hydrogens (primary N) is 2. The van der Waals surface area contributed by atoms with Crippen molar-refractivity contribution in [3.05, 3.63) is 231 Å². The Hall–Kier alpha value is -11.9. The van der Waals surface area contributed by atoms with Gasteiger partial charge in [0, 0.05) is 119 Å². The third-order valence-corrected chi connectivity index (χ3v) is 17.0. The number of aliphatic imine (C=N–C) groups is 1. The summed E-state index contributed by atoms with van der Waals surface area (Å²) in [7, 11) is 3.82. The van der Waals surface area contributed by atoms with Crippen LogP contribution >= 0.6 is 59.7 Å². The first-order chi connectivity index (χ1) is 49.7. The number of Topliss-reactive ketones (excluding diaryl/α,β-unsaturated/α-hetero) is 4. The molecule has 0 saturated heterocycles. The first-order valence-corrected chi connectivity index (χ1v) is 32.5. The number of fused-ring (bicyclic) bond motifs is 6. The number of carbonyl (C=O) groups is 10. The molecule has 14 rings (SSSR count). The fourth-order valence-electron chi connectivity index (χ4n) is 9.51. The van der Waals surface area contributed by atoms with E-state index < -0.39 is 87.6 Å². The molecule has 0 spiro atoms. The Morgan fingerprint density at radius 3 is 1.39 bits per heavy atom. The monoisotopic (exact) mass is 1540 g/mol. The summed E-state index contributed by atoms with van der Waals surface area (Å²) in [6.45, 7) is 0. The minimum absolute atomic E-state index is 0. The minimum Gasteiger partial charge on any atom is -0.468 e. The summed E-state index contributed by atoms with van der Waals surface area (Å²) in [6.07, 6.45) is 8.93. The summed E-state index contributed by atoms with van der Waals surface area (Å²) < 4.78 is 91.3. The Bertz CT molecular complexity index is 5450. The molecule has 8 heterocycles. The van der Waals surface area contributed by atoms with Gasteiger partial charge in [0.2, 0.25) is 17.3 Å². The van der Waals surface area contributed by atoms with E-state index in [-0.39, 0.29) is 62.2 Å². The molecule has 1 aliphatic heterocycles. The molecule has 1 aliphatic rings. The second kappa shape index (κ2) is 36.8. The summed E-state index contributed by atoms with van der Waals surface area (Å²) in [5.41, 5.74) is 15.3. The SMILES string of the molecule is COC(=O)C(N)CS.COC(=O)C1CSC(C(=O)c2c[nH]c3ccc(F)cc23)=N1.COC(=O)c1csc(C(=O)c2c[nH]c3ccc(F)cc23)n1.Cl.Fc1ccc2[nH]ccc2c1.N#CC(=O)c1c[nH]c2ccc(F)cc12.NC(=O)C(=O)c1c[nH]c2ccc(F)cc12.O=C(Cl)C(=O)c1c[nH]c2ccc(F)cc12. The second-order valence-electron chi connectivity index (χ2n) is 21.2. The van der Waals surface area contributed by atoms with Crippen molar-refractivity contribution in [3.63, 3.8) is 0 Å². The Kier molecular flexibility index (Phi) is 28.2. The Morgan fingerprint density at radius 1 is 0.571 bits per heavy atom. The Morgan fingerprint density at radius 2 is 0.981 bits per heavy atom. The number of carbonyl (C=O) groups excluding carboxylic acids is 10. The van der Waals surface area contributed by atoms with Crippen LogP contribution in [-0.2, 0) is 33.4 Å². The molecule has 0 aliphatic carbocycles. The van der Waals surface area contributed by atoms with E-state index in [1.165, 1.54) is 167 Å². The quantitative estimate of drug-likeness (QED) is 0.00756. The number of primary amides is 1. The van der Waals surface area contributed by atoms with Crippen LogP contribution in [0.5, 0.6) is 0 Å². The number of thiol groups is 1. The smallest absolute Gasteiger partial charge is 0.357 e. The van der Waals surface area contributed by atoms with E-state index in [9.17, 15) is 74.3 Å². The predicted octanol–water partition coefficient (Wildman–Crippen LogP) is 12.3. The van der Waals surface area contributed by atoms with Crippen molar-refractivity contribution < 1.29 is 88.5 Å². The van der Waals surface area contributed by atoms with Gasteiger partial charge in [-0.3, -0.25) is 43.3 Å². The minimum atomic E-state index is -1.08. The van der Waals surface area contributed by atoms with Crippen LogP contribution < -0.4 is 11.5 Å². The highest BCUT2D eigenvalue weighted by Gasteiger charge is 2.31. The summed E-state index contributed by atoms with van der Waals surface area (Å²) in [5, 5.41) is 12.3. The van der Waals surface area contributed by atoms with Crippen molar-refractivity contribution in [2.75, 3.05) is 32.8 Å². The zero-order valence-electron chi connectivity index (χ0n) is 54.2. The Labute approximate surface area is 612 Å². The van der Waals surface area contributed by atoms with Crippen LogP contribution in [0.1, 0.15) is 67.3 Å². The van der Waals surface area contributed by atoms with Gasteiger partial charge in [0.25, 0.3) is 22.7 Å². The molecule has 2 unspecified atom stereocenters. The zero-order valence-corrected chi connectivity index (χ0v) is 58.3. The molecule has 13 aromatic rings. The number of thiazole rings is 1. The number of ketones is 5. The topological polar surface area (TPSA) is 394 Å².